The largest absolute Gasteiger partial charge is 0.508 e. The minimum atomic E-state index is -0.464. The predicted octanol–water partition coefficient (Wildman–Crippen LogP) is 3.08. The van der Waals surface area contributed by atoms with Gasteiger partial charge in [0.15, 0.2) is 0 Å². The van der Waals surface area contributed by atoms with E-state index in [1.807, 2.05) is 17.9 Å². The molecule has 0 amide bonds. The summed E-state index contributed by atoms with van der Waals surface area (Å²) in [4.78, 5) is 1.87. The molecule has 1 aromatic carbocycles. The number of nitrogens with zero attached hydrogens (tertiary/aromatic N) is 1. The van der Waals surface area contributed by atoms with Gasteiger partial charge in [-0.2, -0.15) is 12.2 Å². The molecule has 1 aromatic rings. The van der Waals surface area contributed by atoms with E-state index in [9.17, 15) is 9.50 Å². The molecular weight excluding hydrogens is 306 g/mol. The van der Waals surface area contributed by atoms with Crippen LogP contribution in [0, 0.1) is 11.9 Å². The summed E-state index contributed by atoms with van der Waals surface area (Å²) in [6.07, 6.45) is 6.55. The molecule has 0 atom stereocenters. The van der Waals surface area contributed by atoms with E-state index in [4.69, 9.17) is 0 Å². The van der Waals surface area contributed by atoms with Crippen LogP contribution in [0.3, 0.4) is 0 Å². The Hall–Kier alpha value is -0.926. The van der Waals surface area contributed by atoms with Crippen molar-refractivity contribution in [1.29, 1.82) is 0 Å². The fourth-order valence-electron chi connectivity index (χ4n) is 1.81. The zero-order valence-electron chi connectivity index (χ0n) is 10.2. The first-order valence-electron chi connectivity index (χ1n) is 5.39. The minimum absolute atomic E-state index is 0. The monoisotopic (exact) mass is 319 g/mol. The number of benzene rings is 1. The van der Waals surface area contributed by atoms with Gasteiger partial charge in [0, 0.05) is 45.3 Å². The van der Waals surface area contributed by atoms with E-state index in [-0.39, 0.29) is 38.5 Å². The maximum atomic E-state index is 13.8. The molecule has 1 N–H and O–H groups in total. The summed E-state index contributed by atoms with van der Waals surface area (Å²) in [5, 5.41) is 9.20. The zero-order valence-corrected chi connectivity index (χ0v) is 13.0. The fourth-order valence-corrected chi connectivity index (χ4v) is 1.81. The zero-order chi connectivity index (χ0) is 12.4. The van der Waals surface area contributed by atoms with E-state index in [0.29, 0.717) is 17.8 Å². The van der Waals surface area contributed by atoms with Crippen molar-refractivity contribution in [3.63, 3.8) is 0 Å². The van der Waals surface area contributed by atoms with Crippen LogP contribution in [0.4, 0.5) is 4.39 Å². The second kappa shape index (κ2) is 6.30. The summed E-state index contributed by atoms with van der Waals surface area (Å²) in [6, 6.07) is 4.10. The first kappa shape index (κ1) is 15.1. The van der Waals surface area contributed by atoms with Crippen LogP contribution < -0.4 is 0 Å². The quantitative estimate of drug-likeness (QED) is 0.847. The number of aromatic hydroxyl groups is 1. The van der Waals surface area contributed by atoms with Gasteiger partial charge in [-0.3, -0.25) is 0 Å². The molecular formula is C14H13FNOY-. The normalized spacial score (nSPS) is 14.2. The summed E-state index contributed by atoms with van der Waals surface area (Å²) in [5.74, 6) is -0.547. The maximum Gasteiger partial charge on any atom is 0.116 e. The first-order valence-corrected chi connectivity index (χ1v) is 5.39. The topological polar surface area (TPSA) is 23.5 Å². The Labute approximate surface area is 131 Å². The molecule has 4 heteroatoms. The first-order chi connectivity index (χ1) is 8.13. The van der Waals surface area contributed by atoms with Crippen molar-refractivity contribution in [3.8, 4) is 5.75 Å². The van der Waals surface area contributed by atoms with Crippen LogP contribution in [0.25, 0.3) is 5.70 Å². The number of hydrogen-bond donors (Lipinski definition) is 1. The van der Waals surface area contributed by atoms with Crippen LogP contribution in [0.1, 0.15) is 12.5 Å². The third kappa shape index (κ3) is 2.90. The molecule has 0 aliphatic carbocycles. The van der Waals surface area contributed by atoms with Crippen molar-refractivity contribution in [3.05, 3.63) is 60.1 Å². The summed E-state index contributed by atoms with van der Waals surface area (Å²) in [6.45, 7) is 6.54. The molecule has 2 nitrogen and oxygen atoms in total. The molecule has 18 heavy (non-hydrogen) atoms. The Kier molecular flexibility index (Phi) is 5.30. The number of phenolic OH excluding ortho intramolecular Hbond substituents is 1. The molecule has 0 spiro atoms. The third-order valence-electron chi connectivity index (χ3n) is 2.64. The molecule has 0 saturated heterocycles. The predicted molar refractivity (Wildman–Crippen MR) is 65.4 cm³/mol. The van der Waals surface area contributed by atoms with Gasteiger partial charge in [-0.25, -0.2) is 4.39 Å². The average Bonchev–Trinajstić information content (AvgIpc) is 2.29. The van der Waals surface area contributed by atoms with Crippen LogP contribution in [0.15, 0.2) is 42.6 Å². The van der Waals surface area contributed by atoms with Crippen molar-refractivity contribution >= 4 is 5.70 Å². The van der Waals surface area contributed by atoms with Gasteiger partial charge in [0.25, 0.3) is 0 Å². The molecule has 1 heterocycles. The van der Waals surface area contributed by atoms with E-state index in [1.165, 1.54) is 6.07 Å². The van der Waals surface area contributed by atoms with E-state index in [0.717, 1.165) is 11.8 Å². The van der Waals surface area contributed by atoms with Crippen LogP contribution in [-0.4, -0.2) is 16.6 Å². The van der Waals surface area contributed by atoms with Gasteiger partial charge in [0.1, 0.15) is 5.75 Å². The van der Waals surface area contributed by atoms with E-state index < -0.39 is 5.82 Å². The summed E-state index contributed by atoms with van der Waals surface area (Å²) < 4.78 is 13.8. The van der Waals surface area contributed by atoms with Gasteiger partial charge >= 0.3 is 0 Å². The van der Waals surface area contributed by atoms with Crippen molar-refractivity contribution in [1.82, 2.24) is 4.90 Å². The number of phenols is 1. The van der Waals surface area contributed by atoms with Crippen LogP contribution >= 0.6 is 0 Å². The van der Waals surface area contributed by atoms with Gasteiger partial charge in [-0.1, -0.05) is 17.8 Å². The number of rotatable bonds is 2. The van der Waals surface area contributed by atoms with Gasteiger partial charge in [0.05, 0.1) is 5.82 Å². The number of halogens is 1. The molecule has 1 aliphatic rings. The van der Waals surface area contributed by atoms with Gasteiger partial charge in [-0.05, 0) is 18.7 Å². The van der Waals surface area contributed by atoms with Crippen molar-refractivity contribution in [2.75, 3.05) is 6.54 Å². The molecule has 2 rings (SSSR count). The van der Waals surface area contributed by atoms with Crippen LogP contribution in [0.5, 0.6) is 5.75 Å². The number of hydrogen-bond acceptors (Lipinski definition) is 2. The second-order valence-electron chi connectivity index (χ2n) is 3.73. The number of likely N-dealkylation sites (N-methyl/N-ethyl adjacent to an activating group) is 1. The summed E-state index contributed by atoms with van der Waals surface area (Å²) >= 11 is 0. The molecule has 0 aromatic heterocycles. The van der Waals surface area contributed by atoms with E-state index >= 15 is 0 Å². The van der Waals surface area contributed by atoms with Gasteiger partial charge in [-0.15, -0.1) is 12.1 Å². The van der Waals surface area contributed by atoms with Gasteiger partial charge in [0.2, 0.25) is 0 Å². The standard InChI is InChI=1S/C14H13FNO.Y/c1-3-16-10(2)5-4-6-14(16)12-8-7-11(17)9-13(12)15;/h4-5,7-9,17H,2-3H2,1H3;/q-1;. The van der Waals surface area contributed by atoms with E-state index in [1.54, 1.807) is 12.1 Å². The minimum Gasteiger partial charge on any atom is -0.508 e. The Morgan fingerprint density at radius 2 is 2.17 bits per heavy atom. The average molecular weight is 319 g/mol. The molecule has 0 unspecified atom stereocenters. The fraction of sp³-hybridized carbons (Fsp3) is 0.143. The Morgan fingerprint density at radius 3 is 2.78 bits per heavy atom. The van der Waals surface area contributed by atoms with Crippen LogP contribution in [0.2, 0.25) is 0 Å². The van der Waals surface area contributed by atoms with Crippen LogP contribution in [-0.2, 0) is 32.7 Å². The molecule has 1 radical (unpaired) electrons. The summed E-state index contributed by atoms with van der Waals surface area (Å²) in [7, 11) is 0. The smallest absolute Gasteiger partial charge is 0.116 e. The molecule has 91 valence electrons. The molecule has 0 fully saturated rings. The van der Waals surface area contributed by atoms with Gasteiger partial charge < -0.3 is 10.0 Å². The van der Waals surface area contributed by atoms with Crippen molar-refractivity contribution in [2.24, 2.45) is 0 Å². The third-order valence-corrected chi connectivity index (χ3v) is 2.64. The molecule has 0 saturated carbocycles. The Morgan fingerprint density at radius 1 is 1.44 bits per heavy atom. The van der Waals surface area contributed by atoms with Crippen molar-refractivity contribution in [2.45, 2.75) is 6.92 Å². The number of allylic oxidation sites excluding steroid dienone is 3. The van der Waals surface area contributed by atoms with E-state index in [2.05, 4.69) is 12.7 Å². The molecule has 0 bridgehead atoms. The summed E-state index contributed by atoms with van der Waals surface area (Å²) in [5.41, 5.74) is 1.85. The Balaban J connectivity index is 0.00000162. The Bertz CT molecular complexity index is 523. The SMILES string of the molecule is C=C1C=C[C-]=C(c2ccc(O)cc2F)N1CC.[Y]. The second-order valence-corrected chi connectivity index (χ2v) is 3.73. The molecule has 1 aliphatic heterocycles. The maximum absolute atomic E-state index is 13.8. The van der Waals surface area contributed by atoms with Crippen molar-refractivity contribution < 1.29 is 42.2 Å².